The smallest absolute Gasteiger partial charge is 0.305 e. The Morgan fingerprint density at radius 3 is 2.26 bits per heavy atom. The van der Waals surface area contributed by atoms with Gasteiger partial charge in [0.05, 0.1) is 25.8 Å². The van der Waals surface area contributed by atoms with Gasteiger partial charge in [-0.3, -0.25) is 9.59 Å². The summed E-state index contributed by atoms with van der Waals surface area (Å²) in [6.07, 6.45) is 2.71. The number of rotatable bonds is 9. The summed E-state index contributed by atoms with van der Waals surface area (Å²) in [6.45, 7) is 4.67. The molecule has 0 aliphatic heterocycles. The molecule has 1 aromatic heterocycles. The van der Waals surface area contributed by atoms with Gasteiger partial charge in [0.2, 0.25) is 5.91 Å². The van der Waals surface area contributed by atoms with Crippen molar-refractivity contribution in [2.24, 2.45) is 0 Å². The Bertz CT molecular complexity index is 765. The topological polar surface area (TPSA) is 46.6 Å². The summed E-state index contributed by atoms with van der Waals surface area (Å²) in [5, 5.41) is 0. The number of halogens is 1. The molecule has 27 heavy (non-hydrogen) atoms. The van der Waals surface area contributed by atoms with E-state index >= 15 is 0 Å². The van der Waals surface area contributed by atoms with Crippen molar-refractivity contribution >= 4 is 40.5 Å². The zero-order valence-corrected chi connectivity index (χ0v) is 17.7. The largest absolute Gasteiger partial charge is 0.469 e. The Balaban J connectivity index is 2.28. The minimum Gasteiger partial charge on any atom is -0.469 e. The van der Waals surface area contributed by atoms with Crippen LogP contribution in [0.3, 0.4) is 0 Å². The molecule has 0 bridgehead atoms. The van der Waals surface area contributed by atoms with Crippen LogP contribution in [0, 0.1) is 0 Å². The van der Waals surface area contributed by atoms with Crippen LogP contribution in [-0.4, -0.2) is 24.9 Å². The van der Waals surface area contributed by atoms with E-state index in [9.17, 15) is 9.59 Å². The molecule has 0 atom stereocenters. The molecule has 1 amide bonds. The number of methoxy groups -OCH3 is 1. The molecule has 0 N–H and O–H groups in total. The van der Waals surface area contributed by atoms with E-state index in [0.717, 1.165) is 39.4 Å². The molecule has 4 nitrogen and oxygen atoms in total. The number of anilines is 1. The second kappa shape index (κ2) is 10.5. The van der Waals surface area contributed by atoms with Crippen molar-refractivity contribution in [3.05, 3.63) is 51.2 Å². The van der Waals surface area contributed by atoms with E-state index < -0.39 is 0 Å². The Morgan fingerprint density at radius 2 is 1.70 bits per heavy atom. The highest BCUT2D eigenvalue weighted by Gasteiger charge is 2.21. The van der Waals surface area contributed by atoms with E-state index in [1.54, 1.807) is 16.2 Å². The van der Waals surface area contributed by atoms with Crippen molar-refractivity contribution in [3.8, 4) is 0 Å². The van der Waals surface area contributed by atoms with Crippen molar-refractivity contribution in [1.29, 1.82) is 0 Å². The zero-order chi connectivity index (χ0) is 19.8. The van der Waals surface area contributed by atoms with Crippen molar-refractivity contribution in [3.63, 3.8) is 0 Å². The van der Waals surface area contributed by atoms with Crippen LogP contribution in [-0.2, 0) is 40.1 Å². The van der Waals surface area contributed by atoms with E-state index in [4.69, 9.17) is 16.3 Å². The average molecular weight is 408 g/mol. The van der Waals surface area contributed by atoms with Crippen LogP contribution in [0.5, 0.6) is 0 Å². The number of hydrogen-bond donors (Lipinski definition) is 0. The van der Waals surface area contributed by atoms with Crippen LogP contribution in [0.15, 0.2) is 30.3 Å². The van der Waals surface area contributed by atoms with Crippen molar-refractivity contribution < 1.29 is 14.3 Å². The van der Waals surface area contributed by atoms with Gasteiger partial charge >= 0.3 is 5.97 Å². The molecular weight excluding hydrogens is 382 g/mol. The highest BCUT2D eigenvalue weighted by molar-refractivity contribution is 7.12. The standard InChI is InChI=1S/C21H26ClNO3S/c1-4-15-7-6-8-16(5-2)21(15)23(19(24)13-22)14-18-10-9-17(27-18)11-12-20(25)26-3/h6-10H,4-5,11-14H2,1-3H3. The van der Waals surface area contributed by atoms with Gasteiger partial charge in [-0.05, 0) is 42.5 Å². The number of benzene rings is 1. The lowest BCUT2D eigenvalue weighted by atomic mass is 10.0. The number of amides is 1. The summed E-state index contributed by atoms with van der Waals surface area (Å²) in [6, 6.07) is 10.2. The summed E-state index contributed by atoms with van der Waals surface area (Å²) >= 11 is 7.54. The lowest BCUT2D eigenvalue weighted by Crippen LogP contribution is -2.32. The Morgan fingerprint density at radius 1 is 1.07 bits per heavy atom. The Kier molecular flexibility index (Phi) is 8.32. The molecule has 0 spiro atoms. The number of alkyl halides is 1. The maximum Gasteiger partial charge on any atom is 0.305 e. The van der Waals surface area contributed by atoms with Gasteiger partial charge in [0.15, 0.2) is 0 Å². The fraction of sp³-hybridized carbons (Fsp3) is 0.429. The third-order valence-electron chi connectivity index (χ3n) is 4.48. The van der Waals surface area contributed by atoms with E-state index in [0.29, 0.717) is 19.4 Å². The SMILES string of the molecule is CCc1cccc(CC)c1N(Cc1ccc(CCC(=O)OC)s1)C(=O)CCl. The van der Waals surface area contributed by atoms with Crippen LogP contribution >= 0.6 is 22.9 Å². The van der Waals surface area contributed by atoms with Crippen molar-refractivity contribution in [2.45, 2.75) is 46.1 Å². The van der Waals surface area contributed by atoms with Crippen molar-refractivity contribution in [1.82, 2.24) is 0 Å². The number of carbonyl (C=O) groups is 2. The van der Waals surface area contributed by atoms with Gasteiger partial charge in [0.25, 0.3) is 0 Å². The maximum atomic E-state index is 12.7. The van der Waals surface area contributed by atoms with Gasteiger partial charge in [-0.25, -0.2) is 0 Å². The first-order valence-corrected chi connectivity index (χ1v) is 10.5. The molecule has 0 saturated heterocycles. The van der Waals surface area contributed by atoms with Crippen molar-refractivity contribution in [2.75, 3.05) is 17.9 Å². The average Bonchev–Trinajstić information content (AvgIpc) is 3.16. The third-order valence-corrected chi connectivity index (χ3v) is 5.84. The van der Waals surface area contributed by atoms with Crippen LogP contribution in [0.1, 0.15) is 41.1 Å². The summed E-state index contributed by atoms with van der Waals surface area (Å²) in [7, 11) is 1.40. The highest BCUT2D eigenvalue weighted by Crippen LogP contribution is 2.30. The van der Waals surface area contributed by atoms with E-state index in [1.165, 1.54) is 7.11 Å². The first kappa shape index (κ1) is 21.5. The number of para-hydroxylation sites is 1. The summed E-state index contributed by atoms with van der Waals surface area (Å²) in [5.41, 5.74) is 3.28. The lowest BCUT2D eigenvalue weighted by Gasteiger charge is -2.26. The molecule has 0 saturated carbocycles. The molecule has 0 aliphatic rings. The first-order valence-electron chi connectivity index (χ1n) is 9.15. The third kappa shape index (κ3) is 5.56. The van der Waals surface area contributed by atoms with Crippen LogP contribution in [0.25, 0.3) is 0 Å². The number of ether oxygens (including phenoxy) is 1. The second-order valence-corrected chi connectivity index (χ2v) is 7.71. The minimum absolute atomic E-state index is 0.0538. The molecule has 2 rings (SSSR count). The Labute approximate surface area is 170 Å². The number of carbonyl (C=O) groups excluding carboxylic acids is 2. The van der Waals surface area contributed by atoms with Gasteiger partial charge in [0.1, 0.15) is 5.88 Å². The van der Waals surface area contributed by atoms with Crippen LogP contribution in [0.4, 0.5) is 5.69 Å². The van der Waals surface area contributed by atoms with E-state index in [2.05, 4.69) is 26.0 Å². The summed E-state index contributed by atoms with van der Waals surface area (Å²) in [4.78, 5) is 28.0. The number of nitrogens with zero attached hydrogens (tertiary/aromatic N) is 1. The molecule has 1 heterocycles. The second-order valence-electron chi connectivity index (χ2n) is 6.19. The monoisotopic (exact) mass is 407 g/mol. The molecule has 6 heteroatoms. The van der Waals surface area contributed by atoms with Gasteiger partial charge in [0, 0.05) is 9.75 Å². The molecule has 2 aromatic rings. The van der Waals surface area contributed by atoms with E-state index in [1.807, 2.05) is 18.2 Å². The Hall–Kier alpha value is -1.85. The van der Waals surface area contributed by atoms with E-state index in [-0.39, 0.29) is 17.8 Å². The molecule has 1 aromatic carbocycles. The predicted molar refractivity (Wildman–Crippen MR) is 112 cm³/mol. The summed E-state index contributed by atoms with van der Waals surface area (Å²) in [5.74, 6) is -0.368. The minimum atomic E-state index is -0.214. The zero-order valence-electron chi connectivity index (χ0n) is 16.1. The fourth-order valence-electron chi connectivity index (χ4n) is 3.05. The maximum absolute atomic E-state index is 12.7. The number of thiophene rings is 1. The highest BCUT2D eigenvalue weighted by atomic mass is 35.5. The molecule has 0 fully saturated rings. The molecule has 146 valence electrons. The first-order chi connectivity index (χ1) is 13.0. The molecule has 0 radical (unpaired) electrons. The molecular formula is C21H26ClNO3S. The van der Waals surface area contributed by atoms with Gasteiger partial charge < -0.3 is 9.64 Å². The number of esters is 1. The van der Waals surface area contributed by atoms with Gasteiger partial charge in [-0.15, -0.1) is 22.9 Å². The van der Waals surface area contributed by atoms with Crippen LogP contribution in [0.2, 0.25) is 0 Å². The normalized spacial score (nSPS) is 10.7. The van der Waals surface area contributed by atoms with Gasteiger partial charge in [-0.1, -0.05) is 32.0 Å². The molecule has 0 aliphatic carbocycles. The van der Waals surface area contributed by atoms with Crippen LogP contribution < -0.4 is 4.90 Å². The predicted octanol–water partition coefficient (Wildman–Crippen LogP) is 4.75. The summed E-state index contributed by atoms with van der Waals surface area (Å²) < 4.78 is 4.70. The number of aryl methyl sites for hydroxylation is 3. The quantitative estimate of drug-likeness (QED) is 0.445. The molecule has 0 unspecified atom stereocenters. The number of hydrogen-bond acceptors (Lipinski definition) is 4. The fourth-order valence-corrected chi connectivity index (χ4v) is 4.20. The lowest BCUT2D eigenvalue weighted by molar-refractivity contribution is -0.140. The van der Waals surface area contributed by atoms with Gasteiger partial charge in [-0.2, -0.15) is 0 Å².